The number of nitrogens with one attached hydrogen (secondary N) is 1. The Morgan fingerprint density at radius 1 is 0.946 bits per heavy atom. The smallest absolute Gasteiger partial charge is 0.237 e. The van der Waals surface area contributed by atoms with Crippen LogP contribution in [0.5, 0.6) is 11.5 Å². The number of nitrogens with zero attached hydrogens (tertiary/aromatic N) is 2. The number of pyridine rings is 1. The number of carbonyl (C=O) groups excluding carboxylic acids is 1. The fourth-order valence-electron chi connectivity index (χ4n) is 3.87. The standard InChI is InChI=1S/C30H27N3O3S/c1-19-10-8-9-13-25(19)32-29(34)20(2)37-30-24(18-31)23(17-26(33-30)21-11-6-5-7-12-21)22-14-15-27(35-3)28(16-22)36-4/h5-17,20H,1-4H3,(H,32,34). The summed E-state index contributed by atoms with van der Waals surface area (Å²) in [6.45, 7) is 3.76. The molecule has 6 nitrogen and oxygen atoms in total. The van der Waals surface area contributed by atoms with Crippen LogP contribution in [-0.4, -0.2) is 30.4 Å². The summed E-state index contributed by atoms with van der Waals surface area (Å²) in [6, 6.07) is 27.1. The predicted octanol–water partition coefficient (Wildman–Crippen LogP) is 6.73. The molecule has 4 aromatic rings. The second-order valence-corrected chi connectivity index (χ2v) is 9.68. The monoisotopic (exact) mass is 509 g/mol. The number of amides is 1. The van der Waals surface area contributed by atoms with Gasteiger partial charge < -0.3 is 14.8 Å². The van der Waals surface area contributed by atoms with Crippen LogP contribution in [0.25, 0.3) is 22.4 Å². The number of methoxy groups -OCH3 is 2. The number of benzene rings is 3. The molecule has 1 aromatic heterocycles. The van der Waals surface area contributed by atoms with E-state index in [1.807, 2.05) is 92.7 Å². The van der Waals surface area contributed by atoms with Gasteiger partial charge in [0.05, 0.1) is 30.7 Å². The van der Waals surface area contributed by atoms with Gasteiger partial charge in [0.2, 0.25) is 5.91 Å². The number of para-hydroxylation sites is 1. The maximum atomic E-state index is 13.1. The molecule has 0 saturated carbocycles. The maximum Gasteiger partial charge on any atom is 0.237 e. The number of hydrogen-bond acceptors (Lipinski definition) is 6. The van der Waals surface area contributed by atoms with Crippen molar-refractivity contribution in [2.24, 2.45) is 0 Å². The van der Waals surface area contributed by atoms with Crippen LogP contribution in [0.4, 0.5) is 5.69 Å². The molecule has 0 aliphatic carbocycles. The summed E-state index contributed by atoms with van der Waals surface area (Å²) in [4.78, 5) is 17.9. The van der Waals surface area contributed by atoms with Gasteiger partial charge in [-0.2, -0.15) is 5.26 Å². The van der Waals surface area contributed by atoms with E-state index < -0.39 is 5.25 Å². The molecule has 0 aliphatic heterocycles. The molecule has 3 aromatic carbocycles. The molecule has 7 heteroatoms. The molecule has 1 heterocycles. The van der Waals surface area contributed by atoms with Crippen LogP contribution in [0.15, 0.2) is 83.9 Å². The Morgan fingerprint density at radius 3 is 2.32 bits per heavy atom. The van der Waals surface area contributed by atoms with E-state index in [1.54, 1.807) is 14.2 Å². The minimum Gasteiger partial charge on any atom is -0.493 e. The normalized spacial score (nSPS) is 11.3. The second kappa shape index (κ2) is 11.6. The highest BCUT2D eigenvalue weighted by molar-refractivity contribution is 8.00. The molecule has 0 fully saturated rings. The van der Waals surface area contributed by atoms with Gasteiger partial charge in [-0.1, -0.05) is 66.4 Å². The van der Waals surface area contributed by atoms with Crippen molar-refractivity contribution in [3.63, 3.8) is 0 Å². The summed E-state index contributed by atoms with van der Waals surface area (Å²) in [5.41, 5.74) is 5.24. The van der Waals surface area contributed by atoms with Crippen molar-refractivity contribution >= 4 is 23.4 Å². The van der Waals surface area contributed by atoms with E-state index in [2.05, 4.69) is 11.4 Å². The number of anilines is 1. The maximum absolute atomic E-state index is 13.1. The first-order chi connectivity index (χ1) is 17.9. The summed E-state index contributed by atoms with van der Waals surface area (Å²) >= 11 is 1.26. The zero-order valence-corrected chi connectivity index (χ0v) is 21.9. The number of carbonyl (C=O) groups is 1. The lowest BCUT2D eigenvalue weighted by Crippen LogP contribution is -2.23. The van der Waals surface area contributed by atoms with Crippen LogP contribution < -0.4 is 14.8 Å². The number of thioether (sulfide) groups is 1. The van der Waals surface area contributed by atoms with Crippen molar-refractivity contribution in [1.82, 2.24) is 4.98 Å². The fraction of sp³-hybridized carbons (Fsp3) is 0.167. The van der Waals surface area contributed by atoms with Crippen LogP contribution in [0.3, 0.4) is 0 Å². The molecule has 1 N–H and O–H groups in total. The molecule has 186 valence electrons. The minimum absolute atomic E-state index is 0.164. The van der Waals surface area contributed by atoms with Gasteiger partial charge in [-0.15, -0.1) is 0 Å². The first-order valence-corrected chi connectivity index (χ1v) is 12.6. The van der Waals surface area contributed by atoms with Crippen LogP contribution in [0.2, 0.25) is 0 Å². The van der Waals surface area contributed by atoms with Gasteiger partial charge in [0, 0.05) is 16.8 Å². The SMILES string of the molecule is COc1ccc(-c2cc(-c3ccccc3)nc(SC(C)C(=O)Nc3ccccc3C)c2C#N)cc1OC. The summed E-state index contributed by atoms with van der Waals surface area (Å²) in [5, 5.41) is 13.2. The number of ether oxygens (including phenoxy) is 2. The molecule has 0 radical (unpaired) electrons. The van der Waals surface area contributed by atoms with Crippen molar-refractivity contribution in [2.75, 3.05) is 19.5 Å². The molecule has 1 amide bonds. The highest BCUT2D eigenvalue weighted by Gasteiger charge is 2.22. The highest BCUT2D eigenvalue weighted by Crippen LogP contribution is 2.39. The van der Waals surface area contributed by atoms with Crippen LogP contribution >= 0.6 is 11.8 Å². The lowest BCUT2D eigenvalue weighted by atomic mass is 9.99. The van der Waals surface area contributed by atoms with Gasteiger partial charge in [-0.25, -0.2) is 4.98 Å². The van der Waals surface area contributed by atoms with Crippen molar-refractivity contribution in [1.29, 1.82) is 5.26 Å². The topological polar surface area (TPSA) is 84.2 Å². The number of rotatable bonds is 8. The van der Waals surface area contributed by atoms with E-state index in [1.165, 1.54) is 11.8 Å². The van der Waals surface area contributed by atoms with E-state index in [4.69, 9.17) is 14.5 Å². The van der Waals surface area contributed by atoms with E-state index in [9.17, 15) is 10.1 Å². The molecule has 37 heavy (non-hydrogen) atoms. The summed E-state index contributed by atoms with van der Waals surface area (Å²) < 4.78 is 10.9. The van der Waals surface area contributed by atoms with Crippen molar-refractivity contribution in [2.45, 2.75) is 24.1 Å². The average molecular weight is 510 g/mol. The zero-order chi connectivity index (χ0) is 26.4. The van der Waals surface area contributed by atoms with E-state index in [-0.39, 0.29) is 5.91 Å². The van der Waals surface area contributed by atoms with Crippen molar-refractivity contribution in [3.8, 4) is 40.0 Å². The largest absolute Gasteiger partial charge is 0.493 e. The molecule has 1 unspecified atom stereocenters. The highest BCUT2D eigenvalue weighted by atomic mass is 32.2. The summed E-state index contributed by atoms with van der Waals surface area (Å²) in [6.07, 6.45) is 0. The number of aryl methyl sites for hydroxylation is 1. The van der Waals surface area contributed by atoms with E-state index in [0.717, 1.165) is 22.4 Å². The number of hydrogen-bond donors (Lipinski definition) is 1. The van der Waals surface area contributed by atoms with E-state index in [0.29, 0.717) is 33.3 Å². The van der Waals surface area contributed by atoms with Gasteiger partial charge in [-0.3, -0.25) is 4.79 Å². The minimum atomic E-state index is -0.497. The lowest BCUT2D eigenvalue weighted by molar-refractivity contribution is -0.115. The van der Waals surface area contributed by atoms with Gasteiger partial charge in [0.25, 0.3) is 0 Å². The van der Waals surface area contributed by atoms with Crippen LogP contribution in [0, 0.1) is 18.3 Å². The first-order valence-electron chi connectivity index (χ1n) is 11.7. The molecule has 4 rings (SSSR count). The molecule has 0 spiro atoms. The van der Waals surface area contributed by atoms with Gasteiger partial charge in [0.15, 0.2) is 11.5 Å². The Bertz CT molecular complexity index is 1470. The third-order valence-corrected chi connectivity index (χ3v) is 7.01. The first kappa shape index (κ1) is 25.8. The van der Waals surface area contributed by atoms with Crippen LogP contribution in [-0.2, 0) is 4.79 Å². The summed E-state index contributed by atoms with van der Waals surface area (Å²) in [5.74, 6) is 0.989. The van der Waals surface area contributed by atoms with Crippen molar-refractivity contribution in [3.05, 3.63) is 90.0 Å². The zero-order valence-electron chi connectivity index (χ0n) is 21.1. The predicted molar refractivity (Wildman–Crippen MR) is 148 cm³/mol. The Labute approximate surface area is 221 Å². The molecule has 0 aliphatic rings. The third-order valence-electron chi connectivity index (χ3n) is 5.92. The Kier molecular flexibility index (Phi) is 8.11. The molecular formula is C30H27N3O3S. The number of aromatic nitrogens is 1. The molecule has 0 saturated heterocycles. The Balaban J connectivity index is 1.78. The Hall–Kier alpha value is -4.28. The average Bonchev–Trinajstić information content (AvgIpc) is 2.93. The van der Waals surface area contributed by atoms with Gasteiger partial charge in [0.1, 0.15) is 11.1 Å². The van der Waals surface area contributed by atoms with Crippen molar-refractivity contribution < 1.29 is 14.3 Å². The van der Waals surface area contributed by atoms with E-state index >= 15 is 0 Å². The lowest BCUT2D eigenvalue weighted by Gasteiger charge is -2.17. The van der Waals surface area contributed by atoms with Crippen LogP contribution in [0.1, 0.15) is 18.1 Å². The second-order valence-electron chi connectivity index (χ2n) is 8.35. The summed E-state index contributed by atoms with van der Waals surface area (Å²) in [7, 11) is 3.15. The Morgan fingerprint density at radius 2 is 1.65 bits per heavy atom. The molecule has 1 atom stereocenters. The van der Waals surface area contributed by atoms with Gasteiger partial charge >= 0.3 is 0 Å². The quantitative estimate of drug-likeness (QED) is 0.265. The third kappa shape index (κ3) is 5.76. The number of nitriles is 1. The molecule has 0 bridgehead atoms. The van der Waals surface area contributed by atoms with Gasteiger partial charge in [-0.05, 0) is 49.2 Å². The fourth-order valence-corrected chi connectivity index (χ4v) is 4.80. The molecular weight excluding hydrogens is 482 g/mol.